The highest BCUT2D eigenvalue weighted by molar-refractivity contribution is 6.30. The number of hydrogen-bond donors (Lipinski definition) is 3. The molecule has 23 heavy (non-hydrogen) atoms. The van der Waals surface area contributed by atoms with Crippen LogP contribution in [0.3, 0.4) is 0 Å². The molecule has 0 fully saturated rings. The summed E-state index contributed by atoms with van der Waals surface area (Å²) in [7, 11) is 0. The van der Waals surface area contributed by atoms with Gasteiger partial charge in [0.15, 0.2) is 5.88 Å². The Morgan fingerprint density at radius 2 is 1.78 bits per heavy atom. The number of ether oxygens (including phenoxy) is 1. The topological polar surface area (TPSA) is 87.3 Å². The average Bonchev–Trinajstić information content (AvgIpc) is 2.54. The van der Waals surface area contributed by atoms with Gasteiger partial charge < -0.3 is 21.9 Å². The van der Waals surface area contributed by atoms with Gasteiger partial charge in [-0.15, -0.1) is 0 Å². The summed E-state index contributed by atoms with van der Waals surface area (Å²) in [5.74, 6) is 0.311. The molecule has 2 aromatic carbocycles. The van der Waals surface area contributed by atoms with Crippen molar-refractivity contribution in [3.63, 3.8) is 0 Å². The molecular formula is C18H20ClN3O. The first kappa shape index (κ1) is 16.8. The van der Waals surface area contributed by atoms with Crippen molar-refractivity contribution < 1.29 is 4.74 Å². The van der Waals surface area contributed by atoms with E-state index in [1.54, 1.807) is 24.3 Å². The number of hydrogen-bond acceptors (Lipinski definition) is 4. The first-order valence-electron chi connectivity index (χ1n) is 7.20. The molecule has 0 amide bonds. The van der Waals surface area contributed by atoms with Crippen LogP contribution in [0, 0.1) is 0 Å². The monoisotopic (exact) mass is 329 g/mol. The van der Waals surface area contributed by atoms with Crippen molar-refractivity contribution >= 4 is 23.0 Å². The maximum atomic E-state index is 5.98. The Morgan fingerprint density at radius 3 is 2.48 bits per heavy atom. The van der Waals surface area contributed by atoms with Gasteiger partial charge in [0.05, 0.1) is 6.61 Å². The number of nitrogen functional groups attached to an aromatic ring is 1. The lowest BCUT2D eigenvalue weighted by Gasteiger charge is -2.06. The van der Waals surface area contributed by atoms with Crippen molar-refractivity contribution in [3.05, 3.63) is 82.7 Å². The van der Waals surface area contributed by atoms with E-state index in [9.17, 15) is 0 Å². The summed E-state index contributed by atoms with van der Waals surface area (Å²) < 4.78 is 5.47. The predicted molar refractivity (Wildman–Crippen MR) is 96.4 cm³/mol. The van der Waals surface area contributed by atoms with E-state index in [1.807, 2.05) is 36.4 Å². The number of nitrogens with two attached hydrogens (primary N) is 3. The van der Waals surface area contributed by atoms with E-state index >= 15 is 0 Å². The molecule has 0 radical (unpaired) electrons. The molecule has 0 unspecified atom stereocenters. The van der Waals surface area contributed by atoms with Gasteiger partial charge in [-0.1, -0.05) is 35.9 Å². The molecule has 0 heterocycles. The highest BCUT2D eigenvalue weighted by atomic mass is 35.5. The lowest BCUT2D eigenvalue weighted by Crippen LogP contribution is -2.06. The Hall–Kier alpha value is -2.59. The number of rotatable bonds is 6. The van der Waals surface area contributed by atoms with Crippen LogP contribution in [-0.4, -0.2) is 6.61 Å². The molecule has 120 valence electrons. The number of benzene rings is 2. The molecule has 0 atom stereocenters. The first-order chi connectivity index (χ1) is 11.0. The van der Waals surface area contributed by atoms with Gasteiger partial charge in [0.1, 0.15) is 0 Å². The maximum Gasteiger partial charge on any atom is 0.183 e. The van der Waals surface area contributed by atoms with E-state index in [1.165, 1.54) is 0 Å². The van der Waals surface area contributed by atoms with Crippen molar-refractivity contribution in [2.45, 2.75) is 6.42 Å². The van der Waals surface area contributed by atoms with Crippen LogP contribution >= 0.6 is 11.6 Å². The Bertz CT molecular complexity index is 708. The zero-order valence-electron chi connectivity index (χ0n) is 12.7. The third kappa shape index (κ3) is 5.60. The number of allylic oxidation sites excluding steroid dienone is 2. The molecule has 0 saturated heterocycles. The van der Waals surface area contributed by atoms with Gasteiger partial charge in [0, 0.05) is 22.8 Å². The summed E-state index contributed by atoms with van der Waals surface area (Å²) in [5.41, 5.74) is 20.7. The van der Waals surface area contributed by atoms with Crippen LogP contribution in [0.25, 0.3) is 5.70 Å². The Labute approximate surface area is 141 Å². The molecule has 0 aliphatic heterocycles. The summed E-state index contributed by atoms with van der Waals surface area (Å²) in [5, 5.41) is 0.719. The van der Waals surface area contributed by atoms with E-state index in [0.717, 1.165) is 22.6 Å². The largest absolute Gasteiger partial charge is 0.479 e. The van der Waals surface area contributed by atoms with E-state index in [4.69, 9.17) is 33.5 Å². The quantitative estimate of drug-likeness (QED) is 0.431. The molecule has 0 saturated carbocycles. The van der Waals surface area contributed by atoms with Gasteiger partial charge in [-0.2, -0.15) is 0 Å². The van der Waals surface area contributed by atoms with E-state index in [-0.39, 0.29) is 0 Å². The second-order valence-electron chi connectivity index (χ2n) is 5.04. The predicted octanol–water partition coefficient (Wildman–Crippen LogP) is 3.28. The van der Waals surface area contributed by atoms with Gasteiger partial charge in [-0.3, -0.25) is 0 Å². The van der Waals surface area contributed by atoms with Gasteiger partial charge in [0.25, 0.3) is 0 Å². The Balaban J connectivity index is 1.87. The Morgan fingerprint density at radius 1 is 1.04 bits per heavy atom. The molecule has 0 aliphatic rings. The van der Waals surface area contributed by atoms with Crippen molar-refractivity contribution in [1.82, 2.24) is 0 Å². The van der Waals surface area contributed by atoms with Crippen LogP contribution in [0.5, 0.6) is 0 Å². The minimum Gasteiger partial charge on any atom is -0.479 e. The molecule has 2 aromatic rings. The van der Waals surface area contributed by atoms with E-state index in [2.05, 4.69) is 0 Å². The fraction of sp³-hybridized carbons (Fsp3) is 0.111. The first-order valence-corrected chi connectivity index (χ1v) is 7.58. The fourth-order valence-electron chi connectivity index (χ4n) is 1.97. The van der Waals surface area contributed by atoms with Gasteiger partial charge >= 0.3 is 0 Å². The molecular weight excluding hydrogens is 310 g/mol. The summed E-state index contributed by atoms with van der Waals surface area (Å²) in [4.78, 5) is 0. The molecule has 5 heteroatoms. The van der Waals surface area contributed by atoms with Gasteiger partial charge in [-0.25, -0.2) is 0 Å². The van der Waals surface area contributed by atoms with Crippen molar-refractivity contribution in [3.8, 4) is 0 Å². The Kier molecular flexibility index (Phi) is 5.94. The zero-order valence-corrected chi connectivity index (χ0v) is 13.5. The fourth-order valence-corrected chi connectivity index (χ4v) is 2.10. The van der Waals surface area contributed by atoms with Crippen LogP contribution < -0.4 is 17.2 Å². The molecule has 0 aliphatic carbocycles. The molecule has 4 nitrogen and oxygen atoms in total. The SMILES string of the molecule is N/C(=C\C=C(/N)OCCc1ccc(Cl)cc1)c1cccc(N)c1. The third-order valence-corrected chi connectivity index (χ3v) is 3.47. The average molecular weight is 330 g/mol. The highest BCUT2D eigenvalue weighted by Gasteiger charge is 1.98. The van der Waals surface area contributed by atoms with Gasteiger partial charge in [-0.05, 0) is 47.5 Å². The van der Waals surface area contributed by atoms with Crippen LogP contribution in [0.2, 0.25) is 5.02 Å². The van der Waals surface area contributed by atoms with Crippen LogP contribution in [0.15, 0.2) is 66.6 Å². The van der Waals surface area contributed by atoms with Gasteiger partial charge in [0.2, 0.25) is 0 Å². The molecule has 6 N–H and O–H groups in total. The normalized spacial score (nSPS) is 12.2. The second kappa shape index (κ2) is 8.15. The summed E-state index contributed by atoms with van der Waals surface area (Å²) in [6.07, 6.45) is 4.09. The lowest BCUT2D eigenvalue weighted by molar-refractivity contribution is 0.213. The minimum absolute atomic E-state index is 0.311. The number of halogens is 1. The molecule has 2 rings (SSSR count). The lowest BCUT2D eigenvalue weighted by atomic mass is 10.1. The van der Waals surface area contributed by atoms with E-state index in [0.29, 0.717) is 23.9 Å². The van der Waals surface area contributed by atoms with Crippen LogP contribution in [0.4, 0.5) is 5.69 Å². The molecule has 0 bridgehead atoms. The standard InChI is InChI=1S/C18H20ClN3O/c19-15-6-4-13(5-7-15)10-11-23-18(22)9-8-17(21)14-2-1-3-16(20)12-14/h1-9,12H,10-11,20-22H2/b17-8-,18-9+. The maximum absolute atomic E-state index is 5.98. The van der Waals surface area contributed by atoms with Crippen molar-refractivity contribution in [2.24, 2.45) is 11.5 Å². The molecule has 0 aromatic heterocycles. The van der Waals surface area contributed by atoms with Crippen molar-refractivity contribution in [1.29, 1.82) is 0 Å². The number of anilines is 1. The van der Waals surface area contributed by atoms with Crippen molar-refractivity contribution in [2.75, 3.05) is 12.3 Å². The highest BCUT2D eigenvalue weighted by Crippen LogP contribution is 2.13. The third-order valence-electron chi connectivity index (χ3n) is 3.22. The smallest absolute Gasteiger partial charge is 0.183 e. The molecule has 0 spiro atoms. The van der Waals surface area contributed by atoms with Crippen LogP contribution in [0.1, 0.15) is 11.1 Å². The van der Waals surface area contributed by atoms with E-state index < -0.39 is 0 Å². The summed E-state index contributed by atoms with van der Waals surface area (Å²) in [6, 6.07) is 15.0. The summed E-state index contributed by atoms with van der Waals surface area (Å²) >= 11 is 5.84. The summed E-state index contributed by atoms with van der Waals surface area (Å²) in [6.45, 7) is 0.482. The minimum atomic E-state index is 0.311. The second-order valence-corrected chi connectivity index (χ2v) is 5.48. The van der Waals surface area contributed by atoms with Crippen LogP contribution in [-0.2, 0) is 11.2 Å². The zero-order chi connectivity index (χ0) is 16.7.